The molecule has 0 aliphatic heterocycles. The minimum absolute atomic E-state index is 0.0120. The van der Waals surface area contributed by atoms with E-state index in [-0.39, 0.29) is 72.8 Å². The number of carboxylic acids is 1. The smallest absolute Gasteiger partial charge is 0.339 e. The van der Waals surface area contributed by atoms with Gasteiger partial charge in [-0.2, -0.15) is 0 Å². The maximum Gasteiger partial charge on any atom is 0.339 e. The fourth-order valence-electron chi connectivity index (χ4n) is 12.7. The number of phenols is 1. The topological polar surface area (TPSA) is 211 Å². The zero-order valence-electron chi connectivity index (χ0n) is 57.6. The van der Waals surface area contributed by atoms with Crippen molar-refractivity contribution in [1.82, 2.24) is 0 Å². The van der Waals surface area contributed by atoms with Gasteiger partial charge in [0.25, 0.3) is 0 Å². The molecule has 0 aromatic heterocycles. The van der Waals surface area contributed by atoms with Gasteiger partial charge in [0.2, 0.25) is 0 Å². The molecule has 0 fully saturated rings. The van der Waals surface area contributed by atoms with Crippen LogP contribution in [0.5, 0.6) is 5.75 Å². The molecule has 13 nitrogen and oxygen atoms in total. The largest absolute Gasteiger partial charge is 0.507 e. The van der Waals surface area contributed by atoms with Crippen molar-refractivity contribution in [2.75, 3.05) is 26.4 Å². The standard InChI is InChI=1S/C76H128O13/c1-8-13-18-23-28-33-34-39-44-49-58(6)62(57-77)65(80)56-61-60(51-52-64(79)63(78)50-45-40-35-29-24-19-14-9-2)72(81)70-69(68(61)73(82)83)66(74(84)87-53-46-41-36-30-25-20-15-10-3)59(7)67(75(85)88-54-47-42-37-31-26-21-16-11-4)71(70)76(86)89-55-48-43-38-32-27-22-17-12-5/h58,62-63,77-78,81H,8-57H2,1-7H3,(H,82,83). The lowest BCUT2D eigenvalue weighted by molar-refractivity contribution is -0.127. The van der Waals surface area contributed by atoms with Gasteiger partial charge in [0.15, 0.2) is 5.78 Å². The van der Waals surface area contributed by atoms with Crippen LogP contribution in [0.2, 0.25) is 0 Å². The third-order valence-electron chi connectivity index (χ3n) is 18.4. The Kier molecular flexibility index (Phi) is 46.4. The number of esters is 3. The summed E-state index contributed by atoms with van der Waals surface area (Å²) >= 11 is 0. The molecule has 0 heterocycles. The Morgan fingerprint density at radius 2 is 0.742 bits per heavy atom. The van der Waals surface area contributed by atoms with Crippen molar-refractivity contribution in [3.8, 4) is 5.75 Å². The molecule has 3 atom stereocenters. The lowest BCUT2D eigenvalue weighted by atomic mass is 9.78. The molecule has 0 amide bonds. The first-order valence-corrected chi connectivity index (χ1v) is 36.6. The van der Waals surface area contributed by atoms with Crippen molar-refractivity contribution in [2.45, 2.75) is 350 Å². The molecule has 0 radical (unpaired) electrons. The van der Waals surface area contributed by atoms with E-state index in [1.807, 2.05) is 6.92 Å². The Labute approximate surface area is 540 Å². The SMILES string of the molecule is CCCCCCCCCCCC(C)C(CO)C(=O)Cc1c(CCC(=O)C(O)CCCCCCCCCC)c(O)c2c(C(=O)OCCCCCCCCCC)c(C(=O)OCCCCCCCCCC)c(C)c(C(=O)OCCCCCCCCCC)c2c1C(=O)O. The fraction of sp³-hybridized carbons (Fsp3) is 0.789. The number of unbranched alkanes of at least 4 members (excludes halogenated alkanes) is 36. The van der Waals surface area contributed by atoms with E-state index in [4.69, 9.17) is 14.2 Å². The minimum atomic E-state index is -1.59. The van der Waals surface area contributed by atoms with Crippen molar-refractivity contribution in [1.29, 1.82) is 0 Å². The van der Waals surface area contributed by atoms with Crippen molar-refractivity contribution < 1.29 is 63.4 Å². The van der Waals surface area contributed by atoms with Crippen molar-refractivity contribution in [3.63, 3.8) is 0 Å². The summed E-state index contributed by atoms with van der Waals surface area (Å²) in [6.45, 7) is 13.6. The molecule has 0 saturated heterocycles. The number of aromatic carboxylic acids is 1. The molecule has 0 bridgehead atoms. The van der Waals surface area contributed by atoms with Crippen LogP contribution in [0, 0.1) is 18.8 Å². The summed E-state index contributed by atoms with van der Waals surface area (Å²) in [5, 5.41) is 46.3. The number of carbonyl (C=O) groups is 6. The lowest BCUT2D eigenvalue weighted by Crippen LogP contribution is -2.29. The number of aliphatic hydroxyl groups is 2. The van der Waals surface area contributed by atoms with Gasteiger partial charge in [-0.1, -0.05) is 286 Å². The van der Waals surface area contributed by atoms with E-state index in [1.165, 1.54) is 71.1 Å². The molecule has 2 rings (SSSR count). The van der Waals surface area contributed by atoms with E-state index >= 15 is 9.59 Å². The molecular weight excluding hydrogens is 1120 g/mol. The summed E-state index contributed by atoms with van der Waals surface area (Å²) in [6.07, 6.45) is 39.7. The molecule has 13 heteroatoms. The summed E-state index contributed by atoms with van der Waals surface area (Å²) < 4.78 is 18.0. The van der Waals surface area contributed by atoms with Crippen molar-refractivity contribution in [2.24, 2.45) is 11.8 Å². The van der Waals surface area contributed by atoms with E-state index < -0.39 is 88.1 Å². The maximum atomic E-state index is 15.1. The van der Waals surface area contributed by atoms with Gasteiger partial charge in [-0.25, -0.2) is 19.2 Å². The second-order valence-electron chi connectivity index (χ2n) is 26.1. The Hall–Kier alpha value is -4.36. The minimum Gasteiger partial charge on any atom is -0.507 e. The van der Waals surface area contributed by atoms with Gasteiger partial charge in [-0.05, 0) is 68.1 Å². The summed E-state index contributed by atoms with van der Waals surface area (Å²) in [5.41, 5.74) is -2.26. The van der Waals surface area contributed by atoms with Gasteiger partial charge < -0.3 is 34.6 Å². The van der Waals surface area contributed by atoms with Crippen LogP contribution in [-0.2, 0) is 36.6 Å². The van der Waals surface area contributed by atoms with Crippen molar-refractivity contribution >= 4 is 46.2 Å². The van der Waals surface area contributed by atoms with E-state index in [9.17, 15) is 39.6 Å². The first-order valence-electron chi connectivity index (χ1n) is 36.6. The van der Waals surface area contributed by atoms with Crippen LogP contribution >= 0.6 is 0 Å². The second-order valence-corrected chi connectivity index (χ2v) is 26.1. The molecule has 0 aliphatic carbocycles. The number of ketones is 2. The predicted octanol–water partition coefficient (Wildman–Crippen LogP) is 20.1. The number of Topliss-reactive ketones (excluding diaryl/α,β-unsaturated/α-hetero) is 2. The zero-order valence-corrected chi connectivity index (χ0v) is 57.6. The van der Waals surface area contributed by atoms with E-state index in [2.05, 4.69) is 34.6 Å². The molecule has 2 aromatic carbocycles. The van der Waals surface area contributed by atoms with Gasteiger partial charge in [-0.15, -0.1) is 0 Å². The Bertz CT molecular complexity index is 2290. The number of ether oxygens (including phenoxy) is 3. The number of aromatic hydroxyl groups is 1. The van der Waals surface area contributed by atoms with E-state index in [1.54, 1.807) is 0 Å². The van der Waals surface area contributed by atoms with Crippen LogP contribution < -0.4 is 0 Å². The molecule has 3 unspecified atom stereocenters. The van der Waals surface area contributed by atoms with Crippen LogP contribution in [0.4, 0.5) is 0 Å². The summed E-state index contributed by atoms with van der Waals surface area (Å²) in [6, 6.07) is 0. The Balaban J connectivity index is 2.99. The van der Waals surface area contributed by atoms with Gasteiger partial charge >= 0.3 is 23.9 Å². The number of hydrogen-bond acceptors (Lipinski definition) is 12. The quantitative estimate of drug-likeness (QED) is 0.0276. The van der Waals surface area contributed by atoms with E-state index in [0.717, 1.165) is 173 Å². The third kappa shape index (κ3) is 31.7. The number of carbonyl (C=O) groups excluding carboxylic acids is 5. The van der Waals surface area contributed by atoms with Gasteiger partial charge in [0.1, 0.15) is 17.6 Å². The summed E-state index contributed by atoms with van der Waals surface area (Å²) in [4.78, 5) is 88.4. The number of benzene rings is 2. The predicted molar refractivity (Wildman–Crippen MR) is 363 cm³/mol. The third-order valence-corrected chi connectivity index (χ3v) is 18.4. The molecule has 0 spiro atoms. The molecule has 89 heavy (non-hydrogen) atoms. The number of phenolic OH excluding ortho intramolecular Hbond substituents is 1. The average Bonchev–Trinajstić information content (AvgIpc) is 0.726. The van der Waals surface area contributed by atoms with Crippen LogP contribution in [0.3, 0.4) is 0 Å². The highest BCUT2D eigenvalue weighted by atomic mass is 16.5. The molecule has 2 aromatic rings. The van der Waals surface area contributed by atoms with Crippen LogP contribution in [0.15, 0.2) is 0 Å². The normalized spacial score (nSPS) is 12.6. The van der Waals surface area contributed by atoms with Crippen molar-refractivity contribution in [3.05, 3.63) is 38.9 Å². The molecule has 0 aliphatic rings. The highest BCUT2D eigenvalue weighted by Gasteiger charge is 2.38. The number of aliphatic hydroxyl groups excluding tert-OH is 2. The molecule has 4 N–H and O–H groups in total. The Morgan fingerprint density at radius 3 is 1.11 bits per heavy atom. The Morgan fingerprint density at radius 1 is 0.404 bits per heavy atom. The molecule has 0 saturated carbocycles. The summed E-state index contributed by atoms with van der Waals surface area (Å²) in [7, 11) is 0. The summed E-state index contributed by atoms with van der Waals surface area (Å²) in [5.74, 6) is -7.56. The fourth-order valence-corrected chi connectivity index (χ4v) is 12.7. The lowest BCUT2D eigenvalue weighted by Gasteiger charge is -2.26. The zero-order chi connectivity index (χ0) is 65.4. The highest BCUT2D eigenvalue weighted by molar-refractivity contribution is 6.25. The van der Waals surface area contributed by atoms with Crippen LogP contribution in [0.1, 0.15) is 382 Å². The average molecular weight is 1250 g/mol. The van der Waals surface area contributed by atoms with Gasteiger partial charge in [-0.3, -0.25) is 9.59 Å². The number of hydrogen-bond donors (Lipinski definition) is 4. The van der Waals surface area contributed by atoms with E-state index in [0.29, 0.717) is 32.1 Å². The maximum absolute atomic E-state index is 15.1. The van der Waals surface area contributed by atoms with Gasteiger partial charge in [0, 0.05) is 29.5 Å². The van der Waals surface area contributed by atoms with Crippen LogP contribution in [0.25, 0.3) is 10.8 Å². The molecule has 510 valence electrons. The first kappa shape index (κ1) is 80.7. The number of carboxylic acid groups (broad SMARTS) is 1. The van der Waals surface area contributed by atoms with Gasteiger partial charge in [0.05, 0.1) is 48.7 Å². The number of rotatable bonds is 59. The van der Waals surface area contributed by atoms with Crippen LogP contribution in [-0.4, -0.2) is 88.4 Å². The number of fused-ring (bicyclic) bond motifs is 1. The second kappa shape index (κ2) is 51.2. The first-order chi connectivity index (χ1) is 43.2. The highest BCUT2D eigenvalue weighted by Crippen LogP contribution is 2.45. The molecular formula is C76H128O13. The monoisotopic (exact) mass is 1250 g/mol.